The van der Waals surface area contributed by atoms with E-state index in [0.29, 0.717) is 13.0 Å². The largest absolute Gasteiger partial charge is 0.479 e. The smallest absolute Gasteiger partial charge is 0.332 e. The molecule has 3 aromatic carbocycles. The fourth-order valence-corrected chi connectivity index (χ4v) is 8.24. The molecule has 0 radical (unpaired) electrons. The maximum Gasteiger partial charge on any atom is 0.332 e. The summed E-state index contributed by atoms with van der Waals surface area (Å²) in [6, 6.07) is 30.6. The summed E-state index contributed by atoms with van der Waals surface area (Å²) >= 11 is 1.80. The molecule has 1 aliphatic rings. The number of carbonyl (C=O) groups is 1. The Morgan fingerprint density at radius 3 is 1.79 bits per heavy atom. The van der Waals surface area contributed by atoms with Gasteiger partial charge < -0.3 is 15.2 Å². The summed E-state index contributed by atoms with van der Waals surface area (Å²) in [6.07, 6.45) is 0.696. The average molecular weight is 568 g/mol. The van der Waals surface area contributed by atoms with Crippen LogP contribution in [0.25, 0.3) is 0 Å². The number of carboxylic acid groups (broad SMARTS) is 1. The van der Waals surface area contributed by atoms with Crippen molar-refractivity contribution in [2.24, 2.45) is 5.92 Å². The minimum Gasteiger partial charge on any atom is -0.479 e. The molecule has 4 rings (SSSR count). The van der Waals surface area contributed by atoms with Gasteiger partial charge in [0.15, 0.2) is 21.4 Å². The summed E-state index contributed by atoms with van der Waals surface area (Å²) in [7, 11) is -3.69. The van der Waals surface area contributed by atoms with Crippen LogP contribution in [0.4, 0.5) is 0 Å². The van der Waals surface area contributed by atoms with Gasteiger partial charge in [0.05, 0.1) is 4.75 Å². The molecule has 0 saturated carbocycles. The second kappa shape index (κ2) is 12.7. The molecule has 8 heteroatoms. The minimum absolute atomic E-state index is 0.0387. The highest BCUT2D eigenvalue weighted by Gasteiger charge is 2.45. The van der Waals surface area contributed by atoms with Gasteiger partial charge in [-0.05, 0) is 35.4 Å². The monoisotopic (exact) mass is 567 g/mol. The van der Waals surface area contributed by atoms with Gasteiger partial charge in [0.2, 0.25) is 0 Å². The Morgan fingerprint density at radius 2 is 1.41 bits per heavy atom. The molecule has 1 fully saturated rings. The van der Waals surface area contributed by atoms with Crippen molar-refractivity contribution < 1.29 is 23.1 Å². The molecule has 39 heavy (non-hydrogen) atoms. The Labute approximate surface area is 236 Å². The van der Waals surface area contributed by atoms with Crippen molar-refractivity contribution >= 4 is 27.6 Å². The van der Waals surface area contributed by atoms with Crippen molar-refractivity contribution in [2.45, 2.75) is 54.3 Å². The fraction of sp³-hybridized carbons (Fsp3) is 0.387. The number of carboxylic acids is 1. The lowest BCUT2D eigenvalue weighted by atomic mass is 9.84. The van der Waals surface area contributed by atoms with E-state index in [1.54, 1.807) is 11.8 Å². The zero-order valence-electron chi connectivity index (χ0n) is 22.6. The van der Waals surface area contributed by atoms with E-state index in [9.17, 15) is 18.3 Å². The van der Waals surface area contributed by atoms with Gasteiger partial charge in [-0.3, -0.25) is 0 Å². The predicted molar refractivity (Wildman–Crippen MR) is 158 cm³/mol. The third-order valence-corrected chi connectivity index (χ3v) is 10.1. The van der Waals surface area contributed by atoms with Gasteiger partial charge >= 0.3 is 5.97 Å². The van der Waals surface area contributed by atoms with Crippen LogP contribution in [-0.4, -0.2) is 55.1 Å². The van der Waals surface area contributed by atoms with Crippen LogP contribution in [-0.2, 0) is 24.1 Å². The van der Waals surface area contributed by atoms with Crippen LogP contribution in [0.15, 0.2) is 91.0 Å². The molecule has 208 valence electrons. The van der Waals surface area contributed by atoms with Crippen LogP contribution in [0.1, 0.15) is 43.4 Å². The quantitative estimate of drug-likeness (QED) is 0.286. The first-order valence-corrected chi connectivity index (χ1v) is 16.1. The summed E-state index contributed by atoms with van der Waals surface area (Å²) < 4.78 is 31.0. The summed E-state index contributed by atoms with van der Waals surface area (Å²) in [6.45, 7) is 4.36. The number of benzene rings is 3. The highest BCUT2D eigenvalue weighted by molar-refractivity contribution is 8.01. The standard InChI is InChI=1S/C31H37NO5S2/c1-22(2)19-28(29(33)34)37-30(39(3,35)36)27-20-26(21-32-27)38-31(23-13-7-4-8-14-23,24-15-9-5-10-16-24)25-17-11-6-12-18-25/h4-18,22,26-28,30,32H,19-21H2,1-3H3,(H,33,34)/t26-,27+,28?,30+/m1/s1. The van der Waals surface area contributed by atoms with Crippen molar-refractivity contribution in [3.05, 3.63) is 108 Å². The van der Waals surface area contributed by atoms with Crippen LogP contribution < -0.4 is 5.32 Å². The van der Waals surface area contributed by atoms with E-state index in [1.165, 1.54) is 0 Å². The third kappa shape index (κ3) is 6.92. The fourth-order valence-electron chi connectivity index (χ4n) is 5.30. The molecule has 3 aromatic rings. The Bertz CT molecular complexity index is 1220. The number of thioether (sulfide) groups is 1. The van der Waals surface area contributed by atoms with Gasteiger partial charge in [0.25, 0.3) is 0 Å². The second-order valence-corrected chi connectivity index (χ2v) is 14.2. The number of ether oxygens (including phenoxy) is 1. The van der Waals surface area contributed by atoms with Crippen molar-refractivity contribution in [2.75, 3.05) is 12.8 Å². The van der Waals surface area contributed by atoms with Crippen molar-refractivity contribution in [3.63, 3.8) is 0 Å². The highest BCUT2D eigenvalue weighted by atomic mass is 32.2. The molecule has 0 amide bonds. The van der Waals surface area contributed by atoms with E-state index in [1.807, 2.05) is 68.4 Å². The first kappa shape index (κ1) is 29.3. The van der Waals surface area contributed by atoms with E-state index in [0.717, 1.165) is 22.9 Å². The third-order valence-electron chi connectivity index (χ3n) is 7.02. The Kier molecular flexibility index (Phi) is 9.54. The molecule has 0 bridgehead atoms. The Hall–Kier alpha value is -2.65. The predicted octanol–water partition coefficient (Wildman–Crippen LogP) is 5.33. The van der Waals surface area contributed by atoms with E-state index < -0.39 is 38.1 Å². The summed E-state index contributed by atoms with van der Waals surface area (Å²) in [5.41, 5.74) is 2.15. The average Bonchev–Trinajstić information content (AvgIpc) is 3.38. The van der Waals surface area contributed by atoms with Crippen molar-refractivity contribution in [1.82, 2.24) is 5.32 Å². The molecule has 0 aromatic heterocycles. The van der Waals surface area contributed by atoms with Crippen LogP contribution in [0.2, 0.25) is 0 Å². The molecule has 4 atom stereocenters. The maximum absolute atomic E-state index is 12.9. The summed E-state index contributed by atoms with van der Waals surface area (Å²) in [5, 5.41) is 13.1. The molecule has 0 spiro atoms. The molecule has 1 heterocycles. The summed E-state index contributed by atoms with van der Waals surface area (Å²) in [4.78, 5) is 11.9. The molecule has 1 saturated heterocycles. The van der Waals surface area contributed by atoms with E-state index in [4.69, 9.17) is 4.74 Å². The summed E-state index contributed by atoms with van der Waals surface area (Å²) in [5.74, 6) is -1.09. The van der Waals surface area contributed by atoms with Crippen LogP contribution in [0, 0.1) is 5.92 Å². The van der Waals surface area contributed by atoms with Crippen molar-refractivity contribution in [3.8, 4) is 0 Å². The second-order valence-electron chi connectivity index (χ2n) is 10.6. The normalized spacial score (nSPS) is 19.6. The zero-order chi connectivity index (χ0) is 28.0. The molecular weight excluding hydrogens is 530 g/mol. The minimum atomic E-state index is -3.69. The number of aliphatic carboxylic acids is 1. The van der Waals surface area contributed by atoms with Gasteiger partial charge in [0.1, 0.15) is 0 Å². The maximum atomic E-state index is 12.9. The first-order valence-electron chi connectivity index (χ1n) is 13.3. The zero-order valence-corrected chi connectivity index (χ0v) is 24.2. The number of sulfone groups is 1. The van der Waals surface area contributed by atoms with Gasteiger partial charge in [-0.2, -0.15) is 0 Å². The topological polar surface area (TPSA) is 92.7 Å². The lowest BCUT2D eigenvalue weighted by Gasteiger charge is -2.37. The van der Waals surface area contributed by atoms with E-state index >= 15 is 0 Å². The van der Waals surface area contributed by atoms with Gasteiger partial charge in [-0.1, -0.05) is 105 Å². The Balaban J connectivity index is 1.69. The number of hydrogen-bond acceptors (Lipinski definition) is 6. The number of rotatable bonds is 12. The molecule has 6 nitrogen and oxygen atoms in total. The van der Waals surface area contributed by atoms with Crippen molar-refractivity contribution in [1.29, 1.82) is 0 Å². The lowest BCUT2D eigenvalue weighted by Crippen LogP contribution is -2.45. The van der Waals surface area contributed by atoms with E-state index in [2.05, 4.69) is 41.7 Å². The first-order chi connectivity index (χ1) is 18.6. The number of hydrogen-bond donors (Lipinski definition) is 2. The van der Waals surface area contributed by atoms with E-state index in [-0.39, 0.29) is 17.6 Å². The molecule has 0 aliphatic carbocycles. The van der Waals surface area contributed by atoms with Crippen LogP contribution in [0.5, 0.6) is 0 Å². The highest BCUT2D eigenvalue weighted by Crippen LogP contribution is 2.51. The molecule has 1 aliphatic heterocycles. The van der Waals surface area contributed by atoms with Crippen LogP contribution >= 0.6 is 11.8 Å². The lowest BCUT2D eigenvalue weighted by molar-refractivity contribution is -0.153. The van der Waals surface area contributed by atoms with Gasteiger partial charge in [0, 0.05) is 24.1 Å². The number of nitrogens with one attached hydrogen (secondary N) is 1. The molecule has 1 unspecified atom stereocenters. The SMILES string of the molecule is CC(C)CC(O[C@H]([C@@H]1C[C@@H](SC(c2ccccc2)(c2ccccc2)c2ccccc2)CN1)S(C)(=O)=O)C(=O)O. The molecular formula is C31H37NO5S2. The molecule has 2 N–H and O–H groups in total. The van der Waals surface area contributed by atoms with Gasteiger partial charge in [-0.15, -0.1) is 11.8 Å². The van der Waals surface area contributed by atoms with Crippen LogP contribution in [0.3, 0.4) is 0 Å². The van der Waals surface area contributed by atoms with Gasteiger partial charge in [-0.25, -0.2) is 13.2 Å². The Morgan fingerprint density at radius 1 is 0.949 bits per heavy atom.